The number of nitrogens with zero attached hydrogens (tertiary/aromatic N) is 1. The zero-order valence-electron chi connectivity index (χ0n) is 16.6. The molecule has 2 rings (SSSR count). The molecular formula is C19H23N3O5S2. The Morgan fingerprint density at radius 1 is 1.10 bits per heavy atom. The fourth-order valence-electron chi connectivity index (χ4n) is 2.54. The van der Waals surface area contributed by atoms with Crippen molar-refractivity contribution in [1.82, 2.24) is 4.31 Å². The van der Waals surface area contributed by atoms with Gasteiger partial charge in [-0.05, 0) is 36.6 Å². The number of carbonyl (C=O) groups excluding carboxylic acids is 2. The largest absolute Gasteiger partial charge is 0.495 e. The van der Waals surface area contributed by atoms with Gasteiger partial charge in [-0.15, -0.1) is 11.8 Å². The van der Waals surface area contributed by atoms with E-state index in [1.165, 1.54) is 51.0 Å². The van der Waals surface area contributed by atoms with Crippen LogP contribution in [0.15, 0.2) is 52.3 Å². The number of hydrogen-bond acceptors (Lipinski definition) is 6. The number of para-hydroxylation sites is 1. The van der Waals surface area contributed by atoms with E-state index in [-0.39, 0.29) is 23.0 Å². The molecule has 29 heavy (non-hydrogen) atoms. The summed E-state index contributed by atoms with van der Waals surface area (Å²) in [5, 5.41) is 5.26. The molecular weight excluding hydrogens is 414 g/mol. The molecule has 2 aromatic rings. The van der Waals surface area contributed by atoms with Crippen molar-refractivity contribution in [1.29, 1.82) is 0 Å². The molecule has 2 aromatic carbocycles. The summed E-state index contributed by atoms with van der Waals surface area (Å²) in [4.78, 5) is 24.6. The van der Waals surface area contributed by atoms with E-state index in [0.29, 0.717) is 11.4 Å². The number of rotatable bonds is 8. The van der Waals surface area contributed by atoms with E-state index in [9.17, 15) is 18.0 Å². The summed E-state index contributed by atoms with van der Waals surface area (Å²) in [7, 11) is -1.23. The van der Waals surface area contributed by atoms with Crippen LogP contribution in [-0.4, -0.2) is 51.5 Å². The second kappa shape index (κ2) is 9.77. The first-order valence-electron chi connectivity index (χ1n) is 8.54. The summed E-state index contributed by atoms with van der Waals surface area (Å²) in [5.41, 5.74) is 0.848. The van der Waals surface area contributed by atoms with Gasteiger partial charge >= 0.3 is 0 Å². The molecule has 0 unspecified atom stereocenters. The minimum absolute atomic E-state index is 0.0677. The summed E-state index contributed by atoms with van der Waals surface area (Å²) >= 11 is 1.48. The van der Waals surface area contributed by atoms with Crippen molar-refractivity contribution in [3.63, 3.8) is 0 Å². The van der Waals surface area contributed by atoms with Crippen LogP contribution >= 0.6 is 11.8 Å². The number of ether oxygens (including phenoxy) is 1. The molecule has 156 valence electrons. The van der Waals surface area contributed by atoms with E-state index in [1.54, 1.807) is 12.1 Å². The molecule has 0 radical (unpaired) electrons. The predicted octanol–water partition coefficient (Wildman–Crippen LogP) is 2.63. The van der Waals surface area contributed by atoms with Crippen LogP contribution in [0.25, 0.3) is 0 Å². The Morgan fingerprint density at radius 2 is 1.79 bits per heavy atom. The Bertz CT molecular complexity index is 1010. The summed E-state index contributed by atoms with van der Waals surface area (Å²) in [5.74, 6) is -0.501. The van der Waals surface area contributed by atoms with Gasteiger partial charge < -0.3 is 15.4 Å². The SMILES string of the molecule is COc1ccc(S(=O)(=O)N(C)CC(=O)Nc2ccccc2SC)cc1NC(C)=O. The zero-order valence-corrected chi connectivity index (χ0v) is 18.2. The highest BCUT2D eigenvalue weighted by molar-refractivity contribution is 7.98. The highest BCUT2D eigenvalue weighted by Crippen LogP contribution is 2.29. The molecule has 0 atom stereocenters. The van der Waals surface area contributed by atoms with Crippen molar-refractivity contribution in [2.45, 2.75) is 16.7 Å². The smallest absolute Gasteiger partial charge is 0.243 e. The lowest BCUT2D eigenvalue weighted by atomic mass is 10.3. The Labute approximate surface area is 174 Å². The van der Waals surface area contributed by atoms with Gasteiger partial charge in [-0.3, -0.25) is 9.59 Å². The lowest BCUT2D eigenvalue weighted by Gasteiger charge is -2.18. The zero-order chi connectivity index (χ0) is 21.6. The van der Waals surface area contributed by atoms with Gasteiger partial charge in [0.25, 0.3) is 0 Å². The number of sulfonamides is 1. The molecule has 0 spiro atoms. The molecule has 0 aliphatic carbocycles. The van der Waals surface area contributed by atoms with Gasteiger partial charge in [0.05, 0.1) is 29.9 Å². The lowest BCUT2D eigenvalue weighted by Crippen LogP contribution is -2.35. The highest BCUT2D eigenvalue weighted by atomic mass is 32.2. The number of nitrogens with one attached hydrogen (secondary N) is 2. The molecule has 0 saturated carbocycles. The fourth-order valence-corrected chi connectivity index (χ4v) is 4.25. The Hall–Kier alpha value is -2.56. The maximum absolute atomic E-state index is 12.9. The highest BCUT2D eigenvalue weighted by Gasteiger charge is 2.24. The van der Waals surface area contributed by atoms with E-state index in [4.69, 9.17) is 4.74 Å². The summed E-state index contributed by atoms with van der Waals surface area (Å²) in [6, 6.07) is 11.4. The normalized spacial score (nSPS) is 11.2. The Morgan fingerprint density at radius 3 is 2.41 bits per heavy atom. The van der Waals surface area contributed by atoms with E-state index in [1.807, 2.05) is 18.4 Å². The van der Waals surface area contributed by atoms with Crippen LogP contribution in [0.4, 0.5) is 11.4 Å². The number of likely N-dealkylation sites (N-methyl/N-ethyl adjacent to an activating group) is 1. The van der Waals surface area contributed by atoms with Crippen molar-refractivity contribution < 1.29 is 22.7 Å². The maximum atomic E-state index is 12.9. The first-order valence-corrected chi connectivity index (χ1v) is 11.2. The van der Waals surface area contributed by atoms with Crippen LogP contribution in [0.5, 0.6) is 5.75 Å². The van der Waals surface area contributed by atoms with Gasteiger partial charge in [-0.2, -0.15) is 4.31 Å². The average Bonchev–Trinajstić information content (AvgIpc) is 2.67. The van der Waals surface area contributed by atoms with Crippen molar-refractivity contribution in [2.24, 2.45) is 0 Å². The van der Waals surface area contributed by atoms with Crippen LogP contribution < -0.4 is 15.4 Å². The topological polar surface area (TPSA) is 105 Å². The third-order valence-electron chi connectivity index (χ3n) is 3.94. The third kappa shape index (κ3) is 5.72. The standard InChI is InChI=1S/C19H23N3O5S2/c1-13(23)20-16-11-14(9-10-17(16)27-3)29(25,26)22(2)12-19(24)21-15-7-5-6-8-18(15)28-4/h5-11H,12H2,1-4H3,(H,20,23)(H,21,24). The number of methoxy groups -OCH3 is 1. The second-order valence-corrected chi connectivity index (χ2v) is 8.95. The van der Waals surface area contributed by atoms with Gasteiger partial charge in [0.2, 0.25) is 21.8 Å². The number of benzene rings is 2. The molecule has 0 bridgehead atoms. The molecule has 10 heteroatoms. The number of carbonyl (C=O) groups is 2. The quantitative estimate of drug-likeness (QED) is 0.615. The maximum Gasteiger partial charge on any atom is 0.243 e. The van der Waals surface area contributed by atoms with Crippen LogP contribution in [0.2, 0.25) is 0 Å². The van der Waals surface area contributed by atoms with Crippen molar-refractivity contribution in [2.75, 3.05) is 37.6 Å². The first kappa shape index (κ1) is 22.7. The van der Waals surface area contributed by atoms with Crippen LogP contribution in [0.1, 0.15) is 6.92 Å². The minimum Gasteiger partial charge on any atom is -0.495 e. The molecule has 2 amide bonds. The van der Waals surface area contributed by atoms with Gasteiger partial charge in [-0.25, -0.2) is 8.42 Å². The van der Waals surface area contributed by atoms with Crippen LogP contribution in [0.3, 0.4) is 0 Å². The molecule has 0 saturated heterocycles. The van der Waals surface area contributed by atoms with E-state index in [2.05, 4.69) is 10.6 Å². The number of amides is 2. The molecule has 8 nitrogen and oxygen atoms in total. The van der Waals surface area contributed by atoms with Crippen molar-refractivity contribution >= 4 is 45.0 Å². The van der Waals surface area contributed by atoms with Gasteiger partial charge in [0.1, 0.15) is 5.75 Å². The van der Waals surface area contributed by atoms with E-state index < -0.39 is 15.9 Å². The van der Waals surface area contributed by atoms with Crippen molar-refractivity contribution in [3.05, 3.63) is 42.5 Å². The van der Waals surface area contributed by atoms with Gasteiger partial charge in [-0.1, -0.05) is 12.1 Å². The Balaban J connectivity index is 2.20. The first-order chi connectivity index (χ1) is 13.7. The molecule has 0 heterocycles. The monoisotopic (exact) mass is 437 g/mol. The third-order valence-corrected chi connectivity index (χ3v) is 6.53. The average molecular weight is 438 g/mol. The molecule has 2 N–H and O–H groups in total. The lowest BCUT2D eigenvalue weighted by molar-refractivity contribution is -0.116. The predicted molar refractivity (Wildman–Crippen MR) is 114 cm³/mol. The minimum atomic E-state index is -3.96. The number of anilines is 2. The van der Waals surface area contributed by atoms with Gasteiger partial charge in [0.15, 0.2) is 0 Å². The van der Waals surface area contributed by atoms with E-state index in [0.717, 1.165) is 9.20 Å². The molecule has 0 aromatic heterocycles. The van der Waals surface area contributed by atoms with Crippen LogP contribution in [-0.2, 0) is 19.6 Å². The fraction of sp³-hybridized carbons (Fsp3) is 0.263. The van der Waals surface area contributed by atoms with Gasteiger partial charge in [0, 0.05) is 18.9 Å². The van der Waals surface area contributed by atoms with E-state index >= 15 is 0 Å². The molecule has 0 fully saturated rings. The number of thioether (sulfide) groups is 1. The van der Waals surface area contributed by atoms with Crippen LogP contribution in [0, 0.1) is 0 Å². The summed E-state index contributed by atoms with van der Waals surface area (Å²) in [6.07, 6.45) is 1.89. The molecule has 0 aliphatic heterocycles. The van der Waals surface area contributed by atoms with Crippen molar-refractivity contribution in [3.8, 4) is 5.75 Å². The summed E-state index contributed by atoms with van der Waals surface area (Å²) in [6.45, 7) is 0.941. The number of hydrogen-bond donors (Lipinski definition) is 2. The summed E-state index contributed by atoms with van der Waals surface area (Å²) < 4.78 is 31.8. The second-order valence-electron chi connectivity index (χ2n) is 6.05. The molecule has 0 aliphatic rings. The Kier molecular flexibility index (Phi) is 7.66.